The number of hydrogen-bond donors (Lipinski definition) is 1. The van der Waals surface area contributed by atoms with Crippen molar-refractivity contribution in [2.75, 3.05) is 0 Å². The van der Waals surface area contributed by atoms with Gasteiger partial charge < -0.3 is 5.32 Å². The highest BCUT2D eigenvalue weighted by Crippen LogP contribution is 2.26. The Hall–Kier alpha value is -1.60. The van der Waals surface area contributed by atoms with E-state index in [0.717, 1.165) is 19.4 Å². The third kappa shape index (κ3) is 3.95. The molecule has 0 heterocycles. The molecule has 0 atom stereocenters. The molecule has 0 spiro atoms. The van der Waals surface area contributed by atoms with Gasteiger partial charge in [0.15, 0.2) is 0 Å². The van der Waals surface area contributed by atoms with Crippen LogP contribution in [0.15, 0.2) is 42.5 Å². The summed E-state index contributed by atoms with van der Waals surface area (Å²) >= 11 is 0. The van der Waals surface area contributed by atoms with E-state index >= 15 is 0 Å². The quantitative estimate of drug-likeness (QED) is 0.787. The largest absolute Gasteiger partial charge is 0.310 e. The lowest BCUT2D eigenvalue weighted by Gasteiger charge is -2.15. The standard InChI is InChI=1S/C20H27N/c1-5-16-11-12-18(13-17(16)6-2)20-10-8-7-9-19(20)14-21-15(3)4/h7-13,15,21H,5-6,14H2,1-4H3. The molecule has 2 rings (SSSR count). The second-order valence-electron chi connectivity index (χ2n) is 5.88. The molecule has 2 aromatic rings. The van der Waals surface area contributed by atoms with Crippen LogP contribution in [-0.4, -0.2) is 6.04 Å². The van der Waals surface area contributed by atoms with Crippen LogP contribution in [0, 0.1) is 0 Å². The average molecular weight is 281 g/mol. The maximum Gasteiger partial charge on any atom is 0.0214 e. The Labute approximate surface area is 129 Å². The molecule has 0 saturated heterocycles. The summed E-state index contributed by atoms with van der Waals surface area (Å²) < 4.78 is 0. The molecule has 0 bridgehead atoms. The monoisotopic (exact) mass is 281 g/mol. The second kappa shape index (κ2) is 7.42. The second-order valence-corrected chi connectivity index (χ2v) is 5.88. The van der Waals surface area contributed by atoms with E-state index in [9.17, 15) is 0 Å². The summed E-state index contributed by atoms with van der Waals surface area (Å²) in [5.74, 6) is 0. The third-order valence-corrected chi connectivity index (χ3v) is 4.00. The minimum absolute atomic E-state index is 0.506. The van der Waals surface area contributed by atoms with Crippen LogP contribution in [0.5, 0.6) is 0 Å². The summed E-state index contributed by atoms with van der Waals surface area (Å²) in [5, 5.41) is 3.52. The van der Waals surface area contributed by atoms with Gasteiger partial charge >= 0.3 is 0 Å². The molecule has 2 aromatic carbocycles. The van der Waals surface area contributed by atoms with Gasteiger partial charge in [-0.15, -0.1) is 0 Å². The summed E-state index contributed by atoms with van der Waals surface area (Å²) in [6, 6.07) is 16.2. The highest BCUT2D eigenvalue weighted by Gasteiger charge is 2.07. The van der Waals surface area contributed by atoms with Crippen molar-refractivity contribution in [1.29, 1.82) is 0 Å². The maximum absolute atomic E-state index is 3.52. The molecule has 0 aliphatic rings. The van der Waals surface area contributed by atoms with Crippen molar-refractivity contribution in [2.24, 2.45) is 0 Å². The Morgan fingerprint density at radius 1 is 0.857 bits per heavy atom. The zero-order chi connectivity index (χ0) is 15.2. The first-order chi connectivity index (χ1) is 10.2. The fourth-order valence-electron chi connectivity index (χ4n) is 2.74. The number of hydrogen-bond acceptors (Lipinski definition) is 1. The smallest absolute Gasteiger partial charge is 0.0214 e. The highest BCUT2D eigenvalue weighted by atomic mass is 14.9. The van der Waals surface area contributed by atoms with Crippen LogP contribution in [0.4, 0.5) is 0 Å². The molecule has 0 aliphatic carbocycles. The molecule has 1 heteroatoms. The SMILES string of the molecule is CCc1ccc(-c2ccccc2CNC(C)C)cc1CC. The van der Waals surface area contributed by atoms with E-state index in [-0.39, 0.29) is 0 Å². The molecule has 0 aromatic heterocycles. The minimum atomic E-state index is 0.506. The van der Waals surface area contributed by atoms with E-state index in [2.05, 4.69) is 75.5 Å². The zero-order valence-electron chi connectivity index (χ0n) is 13.7. The molecular weight excluding hydrogens is 254 g/mol. The summed E-state index contributed by atoms with van der Waals surface area (Å²) in [6.45, 7) is 9.77. The van der Waals surface area contributed by atoms with Gasteiger partial charge in [0.25, 0.3) is 0 Å². The lowest BCUT2D eigenvalue weighted by Crippen LogP contribution is -2.22. The topological polar surface area (TPSA) is 12.0 Å². The lowest BCUT2D eigenvalue weighted by atomic mass is 9.94. The van der Waals surface area contributed by atoms with Gasteiger partial charge in [-0.05, 0) is 40.7 Å². The van der Waals surface area contributed by atoms with Gasteiger partial charge in [-0.1, -0.05) is 70.2 Å². The van der Waals surface area contributed by atoms with Gasteiger partial charge in [-0.2, -0.15) is 0 Å². The van der Waals surface area contributed by atoms with E-state index in [1.54, 1.807) is 0 Å². The molecule has 0 unspecified atom stereocenters. The first kappa shape index (κ1) is 15.8. The lowest BCUT2D eigenvalue weighted by molar-refractivity contribution is 0.589. The van der Waals surface area contributed by atoms with Crippen molar-refractivity contribution in [3.05, 3.63) is 59.2 Å². The fraction of sp³-hybridized carbons (Fsp3) is 0.400. The van der Waals surface area contributed by atoms with E-state index in [0.29, 0.717) is 6.04 Å². The number of aryl methyl sites for hydroxylation is 2. The van der Waals surface area contributed by atoms with Crippen molar-refractivity contribution in [1.82, 2.24) is 5.32 Å². The summed E-state index contributed by atoms with van der Waals surface area (Å²) in [7, 11) is 0. The molecule has 0 amide bonds. The van der Waals surface area contributed by atoms with Crippen molar-refractivity contribution in [2.45, 2.75) is 53.1 Å². The molecule has 21 heavy (non-hydrogen) atoms. The predicted molar refractivity (Wildman–Crippen MR) is 92.6 cm³/mol. The van der Waals surface area contributed by atoms with Crippen molar-refractivity contribution >= 4 is 0 Å². The summed E-state index contributed by atoms with van der Waals surface area (Å²) in [4.78, 5) is 0. The summed E-state index contributed by atoms with van der Waals surface area (Å²) in [5.41, 5.74) is 7.01. The van der Waals surface area contributed by atoms with E-state index < -0.39 is 0 Å². The molecular formula is C20H27N. The van der Waals surface area contributed by atoms with Gasteiger partial charge in [0.2, 0.25) is 0 Å². The Morgan fingerprint density at radius 2 is 1.57 bits per heavy atom. The van der Waals surface area contributed by atoms with Crippen LogP contribution in [0.25, 0.3) is 11.1 Å². The molecule has 0 saturated carbocycles. The van der Waals surface area contributed by atoms with Crippen LogP contribution in [0.2, 0.25) is 0 Å². The predicted octanol–water partition coefficient (Wildman–Crippen LogP) is 4.98. The Balaban J connectivity index is 2.37. The number of rotatable bonds is 6. The first-order valence-electron chi connectivity index (χ1n) is 8.09. The molecule has 0 aliphatic heterocycles. The van der Waals surface area contributed by atoms with Crippen molar-refractivity contribution in [3.8, 4) is 11.1 Å². The van der Waals surface area contributed by atoms with Crippen LogP contribution >= 0.6 is 0 Å². The highest BCUT2D eigenvalue weighted by molar-refractivity contribution is 5.68. The molecule has 0 fully saturated rings. The van der Waals surface area contributed by atoms with Gasteiger partial charge in [0, 0.05) is 12.6 Å². The fourth-order valence-corrected chi connectivity index (χ4v) is 2.74. The van der Waals surface area contributed by atoms with Gasteiger partial charge in [0.05, 0.1) is 0 Å². The van der Waals surface area contributed by atoms with E-state index in [4.69, 9.17) is 0 Å². The third-order valence-electron chi connectivity index (χ3n) is 4.00. The van der Waals surface area contributed by atoms with Crippen LogP contribution in [0.3, 0.4) is 0 Å². The molecule has 1 N–H and O–H groups in total. The first-order valence-corrected chi connectivity index (χ1v) is 8.09. The molecule has 0 radical (unpaired) electrons. The van der Waals surface area contributed by atoms with Gasteiger partial charge in [0.1, 0.15) is 0 Å². The Kier molecular flexibility index (Phi) is 5.58. The zero-order valence-corrected chi connectivity index (χ0v) is 13.7. The Morgan fingerprint density at radius 3 is 2.24 bits per heavy atom. The van der Waals surface area contributed by atoms with Crippen LogP contribution < -0.4 is 5.32 Å². The maximum atomic E-state index is 3.52. The van der Waals surface area contributed by atoms with E-state index in [1.165, 1.54) is 27.8 Å². The number of nitrogens with one attached hydrogen (secondary N) is 1. The van der Waals surface area contributed by atoms with E-state index in [1.807, 2.05) is 0 Å². The number of benzene rings is 2. The van der Waals surface area contributed by atoms with Crippen molar-refractivity contribution < 1.29 is 0 Å². The van der Waals surface area contributed by atoms with Crippen LogP contribution in [0.1, 0.15) is 44.4 Å². The summed E-state index contributed by atoms with van der Waals surface area (Å²) in [6.07, 6.45) is 2.21. The van der Waals surface area contributed by atoms with Crippen LogP contribution in [-0.2, 0) is 19.4 Å². The van der Waals surface area contributed by atoms with Gasteiger partial charge in [-0.3, -0.25) is 0 Å². The van der Waals surface area contributed by atoms with Crippen molar-refractivity contribution in [3.63, 3.8) is 0 Å². The molecule has 112 valence electrons. The van der Waals surface area contributed by atoms with Gasteiger partial charge in [-0.25, -0.2) is 0 Å². The normalized spacial score (nSPS) is 11.1. The minimum Gasteiger partial charge on any atom is -0.310 e. The molecule has 1 nitrogen and oxygen atoms in total. The Bertz CT molecular complexity index is 584. The average Bonchev–Trinajstić information content (AvgIpc) is 2.52.